The highest BCUT2D eigenvalue weighted by Gasteiger charge is 2.01. The third kappa shape index (κ3) is 2.75. The number of nitrogens with one attached hydrogen (secondary N) is 1. The summed E-state index contributed by atoms with van der Waals surface area (Å²) in [6.07, 6.45) is 0. The van der Waals surface area contributed by atoms with Gasteiger partial charge in [0.15, 0.2) is 0 Å². The molecule has 0 fully saturated rings. The zero-order valence-corrected chi connectivity index (χ0v) is 8.59. The molecule has 1 heterocycles. The van der Waals surface area contributed by atoms with Crippen molar-refractivity contribution in [1.82, 2.24) is 9.69 Å². The van der Waals surface area contributed by atoms with E-state index in [2.05, 4.69) is 9.69 Å². The number of rotatable bonds is 2. The highest BCUT2D eigenvalue weighted by molar-refractivity contribution is 7.80. The molecule has 0 aliphatic carbocycles. The number of thiocarbonyl (C=S) groups is 1. The predicted molar refractivity (Wildman–Crippen MR) is 53.8 cm³/mol. The lowest BCUT2D eigenvalue weighted by atomic mass is 10.5. The second-order valence-corrected chi connectivity index (χ2v) is 3.58. The van der Waals surface area contributed by atoms with Gasteiger partial charge < -0.3 is 10.1 Å². The minimum absolute atomic E-state index is 0.378. The van der Waals surface area contributed by atoms with Gasteiger partial charge in [-0.25, -0.2) is 0 Å². The number of ether oxygens (including phenoxy) is 1. The lowest BCUT2D eigenvalue weighted by molar-refractivity contribution is 0.520. The Labute approximate surface area is 80.9 Å². The standard InChI is InChI=1S/C7H10N2OS2/c1-3-8-7(11)10-6-4-5(2)12-9-6/h4H,3H2,1-2H3,(H,8,11). The highest BCUT2D eigenvalue weighted by atomic mass is 32.1. The average Bonchev–Trinajstić information content (AvgIpc) is 2.36. The molecule has 66 valence electrons. The van der Waals surface area contributed by atoms with Crippen LogP contribution in [-0.4, -0.2) is 16.1 Å². The molecule has 0 bridgehead atoms. The Morgan fingerprint density at radius 3 is 3.08 bits per heavy atom. The van der Waals surface area contributed by atoms with E-state index < -0.39 is 0 Å². The van der Waals surface area contributed by atoms with Crippen molar-refractivity contribution in [3.63, 3.8) is 0 Å². The van der Waals surface area contributed by atoms with E-state index in [-0.39, 0.29) is 0 Å². The molecule has 12 heavy (non-hydrogen) atoms. The molecule has 0 saturated heterocycles. The first kappa shape index (κ1) is 9.41. The fourth-order valence-electron chi connectivity index (χ4n) is 0.667. The quantitative estimate of drug-likeness (QED) is 0.741. The van der Waals surface area contributed by atoms with E-state index in [1.807, 2.05) is 19.9 Å². The summed E-state index contributed by atoms with van der Waals surface area (Å²) in [7, 11) is 0. The zero-order valence-electron chi connectivity index (χ0n) is 6.96. The molecule has 3 nitrogen and oxygen atoms in total. The van der Waals surface area contributed by atoms with Crippen molar-refractivity contribution < 1.29 is 4.74 Å². The highest BCUT2D eigenvalue weighted by Crippen LogP contribution is 2.14. The van der Waals surface area contributed by atoms with Crippen LogP contribution in [0.25, 0.3) is 0 Å². The van der Waals surface area contributed by atoms with Crippen LogP contribution in [-0.2, 0) is 0 Å². The van der Waals surface area contributed by atoms with Crippen LogP contribution in [0.2, 0.25) is 0 Å². The van der Waals surface area contributed by atoms with Crippen LogP contribution in [0.1, 0.15) is 11.8 Å². The molecule has 0 spiro atoms. The molecular formula is C7H10N2OS2. The maximum atomic E-state index is 5.20. The second kappa shape index (κ2) is 4.37. The first-order valence-corrected chi connectivity index (χ1v) is 4.79. The molecule has 1 aromatic heterocycles. The van der Waals surface area contributed by atoms with Crippen molar-refractivity contribution >= 4 is 28.9 Å². The van der Waals surface area contributed by atoms with Crippen LogP contribution in [0.4, 0.5) is 0 Å². The van der Waals surface area contributed by atoms with Crippen molar-refractivity contribution in [2.24, 2.45) is 0 Å². The maximum Gasteiger partial charge on any atom is 0.263 e. The van der Waals surface area contributed by atoms with Crippen LogP contribution in [0.3, 0.4) is 0 Å². The van der Waals surface area contributed by atoms with Crippen LogP contribution < -0.4 is 10.1 Å². The molecule has 0 aliphatic rings. The molecule has 0 aliphatic heterocycles. The maximum absolute atomic E-state index is 5.20. The van der Waals surface area contributed by atoms with Crippen molar-refractivity contribution in [2.75, 3.05) is 6.54 Å². The van der Waals surface area contributed by atoms with Gasteiger partial charge >= 0.3 is 0 Å². The Morgan fingerprint density at radius 1 is 1.83 bits per heavy atom. The number of aryl methyl sites for hydroxylation is 1. The minimum Gasteiger partial charge on any atom is -0.412 e. The Balaban J connectivity index is 2.46. The lowest BCUT2D eigenvalue weighted by Crippen LogP contribution is -2.25. The average molecular weight is 202 g/mol. The van der Waals surface area contributed by atoms with Gasteiger partial charge in [0.2, 0.25) is 5.88 Å². The number of nitrogens with zero attached hydrogens (tertiary/aromatic N) is 1. The molecule has 0 aromatic carbocycles. The summed E-state index contributed by atoms with van der Waals surface area (Å²) in [5.41, 5.74) is 0. The Hall–Kier alpha value is -0.680. The van der Waals surface area contributed by atoms with E-state index >= 15 is 0 Å². The summed E-state index contributed by atoms with van der Waals surface area (Å²) in [6.45, 7) is 4.70. The molecule has 0 atom stereocenters. The fraction of sp³-hybridized carbons (Fsp3) is 0.429. The number of hydrogen-bond acceptors (Lipinski definition) is 4. The van der Waals surface area contributed by atoms with Gasteiger partial charge in [0.1, 0.15) is 0 Å². The first-order chi connectivity index (χ1) is 5.72. The monoisotopic (exact) mass is 202 g/mol. The molecule has 0 unspecified atom stereocenters. The van der Waals surface area contributed by atoms with Crippen LogP contribution in [0.5, 0.6) is 5.88 Å². The smallest absolute Gasteiger partial charge is 0.263 e. The molecule has 0 saturated carbocycles. The summed E-state index contributed by atoms with van der Waals surface area (Å²) in [5.74, 6) is 0.573. The Bertz CT molecular complexity index is 272. The van der Waals surface area contributed by atoms with E-state index in [4.69, 9.17) is 17.0 Å². The van der Waals surface area contributed by atoms with Gasteiger partial charge in [0.25, 0.3) is 5.17 Å². The third-order valence-electron chi connectivity index (χ3n) is 1.12. The summed E-state index contributed by atoms with van der Waals surface area (Å²) >= 11 is 6.28. The normalized spacial score (nSPS) is 9.50. The van der Waals surface area contributed by atoms with E-state index in [1.165, 1.54) is 11.5 Å². The second-order valence-electron chi connectivity index (χ2n) is 2.20. The van der Waals surface area contributed by atoms with Crippen molar-refractivity contribution in [2.45, 2.75) is 13.8 Å². The van der Waals surface area contributed by atoms with Crippen molar-refractivity contribution in [1.29, 1.82) is 0 Å². The fourth-order valence-corrected chi connectivity index (χ4v) is 1.37. The molecule has 5 heteroatoms. The van der Waals surface area contributed by atoms with Gasteiger partial charge in [-0.05, 0) is 37.6 Å². The van der Waals surface area contributed by atoms with Crippen LogP contribution in [0.15, 0.2) is 6.07 Å². The molecule has 0 amide bonds. The van der Waals surface area contributed by atoms with Crippen LogP contribution in [0, 0.1) is 6.92 Å². The van der Waals surface area contributed by atoms with E-state index in [9.17, 15) is 0 Å². The Morgan fingerprint density at radius 2 is 2.58 bits per heavy atom. The molecular weight excluding hydrogens is 192 g/mol. The number of aromatic nitrogens is 1. The summed E-state index contributed by atoms with van der Waals surface area (Å²) in [6, 6.07) is 1.86. The van der Waals surface area contributed by atoms with Gasteiger partial charge in [0, 0.05) is 17.5 Å². The largest absolute Gasteiger partial charge is 0.412 e. The topological polar surface area (TPSA) is 34.1 Å². The zero-order chi connectivity index (χ0) is 8.97. The van der Waals surface area contributed by atoms with E-state index in [0.717, 1.165) is 11.4 Å². The van der Waals surface area contributed by atoms with Gasteiger partial charge in [-0.3, -0.25) is 0 Å². The van der Waals surface area contributed by atoms with Crippen molar-refractivity contribution in [3.8, 4) is 5.88 Å². The van der Waals surface area contributed by atoms with Crippen LogP contribution >= 0.6 is 23.8 Å². The van der Waals surface area contributed by atoms with Gasteiger partial charge in [-0.1, -0.05) is 0 Å². The van der Waals surface area contributed by atoms with Crippen molar-refractivity contribution in [3.05, 3.63) is 10.9 Å². The summed E-state index contributed by atoms with van der Waals surface area (Å²) in [5, 5.41) is 3.25. The Kier molecular flexibility index (Phi) is 3.43. The van der Waals surface area contributed by atoms with Gasteiger partial charge in [0.05, 0.1) is 0 Å². The summed E-state index contributed by atoms with van der Waals surface area (Å²) < 4.78 is 9.23. The van der Waals surface area contributed by atoms with E-state index in [0.29, 0.717) is 11.1 Å². The van der Waals surface area contributed by atoms with Gasteiger partial charge in [-0.2, -0.15) is 4.37 Å². The molecule has 1 rings (SSSR count). The van der Waals surface area contributed by atoms with E-state index in [1.54, 1.807) is 0 Å². The molecule has 1 aromatic rings. The summed E-state index contributed by atoms with van der Waals surface area (Å²) in [4.78, 5) is 1.12. The number of hydrogen-bond donors (Lipinski definition) is 1. The molecule has 0 radical (unpaired) electrons. The molecule has 1 N–H and O–H groups in total. The first-order valence-electron chi connectivity index (χ1n) is 3.61. The van der Waals surface area contributed by atoms with Gasteiger partial charge in [-0.15, -0.1) is 0 Å². The minimum atomic E-state index is 0.378. The third-order valence-corrected chi connectivity index (χ3v) is 2.03. The SMILES string of the molecule is CCNC(=S)Oc1cc(C)sn1. The predicted octanol–water partition coefficient (Wildman–Crippen LogP) is 1.72. The lowest BCUT2D eigenvalue weighted by Gasteiger charge is -2.03.